The van der Waals surface area contributed by atoms with Crippen LogP contribution < -0.4 is 10.4 Å². The largest absolute Gasteiger partial charge is 0.341 e. The lowest BCUT2D eigenvalue weighted by Crippen LogP contribution is -2.60. The summed E-state index contributed by atoms with van der Waals surface area (Å²) in [5.74, 6) is 1.07. The zero-order valence-electron chi connectivity index (χ0n) is 16.5. The predicted octanol–water partition coefficient (Wildman–Crippen LogP) is 2.89. The van der Waals surface area contributed by atoms with Gasteiger partial charge in [-0.15, -0.1) is 12.4 Å². The average molecular weight is 410 g/mol. The molecule has 1 amide bonds. The molecule has 2 saturated heterocycles. The molecule has 156 valence electrons. The van der Waals surface area contributed by atoms with Gasteiger partial charge in [-0.2, -0.15) is 0 Å². The number of piperidine rings is 1. The molecule has 8 heteroatoms. The van der Waals surface area contributed by atoms with Crippen LogP contribution in [0.1, 0.15) is 61.7 Å². The second kappa shape index (κ2) is 9.37. The summed E-state index contributed by atoms with van der Waals surface area (Å²) in [7, 11) is 0. The molecule has 2 N–H and O–H groups in total. The Morgan fingerprint density at radius 1 is 1.14 bits per heavy atom. The van der Waals surface area contributed by atoms with Crippen molar-refractivity contribution in [3.8, 4) is 0 Å². The van der Waals surface area contributed by atoms with Gasteiger partial charge in [0.05, 0.1) is 5.56 Å². The molecule has 0 bridgehead atoms. The Balaban J connectivity index is 0.00000225. The van der Waals surface area contributed by atoms with E-state index < -0.39 is 5.91 Å². The lowest BCUT2D eigenvalue weighted by molar-refractivity contribution is -0.0220. The van der Waals surface area contributed by atoms with Gasteiger partial charge in [-0.05, 0) is 37.1 Å². The topological polar surface area (TPSA) is 81.6 Å². The number of halogens is 1. The Morgan fingerprint density at radius 3 is 2.39 bits per heavy atom. The number of hydrogen-bond donors (Lipinski definition) is 2. The van der Waals surface area contributed by atoms with Crippen LogP contribution in [0.2, 0.25) is 0 Å². The van der Waals surface area contributed by atoms with Crippen molar-refractivity contribution in [1.82, 2.24) is 20.3 Å². The third kappa shape index (κ3) is 4.75. The number of aromatic nitrogens is 2. The number of nitrogens with one attached hydrogen (secondary N) is 1. The van der Waals surface area contributed by atoms with Crippen LogP contribution in [-0.2, 0) is 0 Å². The number of amides is 1. The molecule has 1 aromatic heterocycles. The highest BCUT2D eigenvalue weighted by atomic mass is 35.5. The maximum absolute atomic E-state index is 11.4. The van der Waals surface area contributed by atoms with Crippen LogP contribution in [0.3, 0.4) is 0 Å². The van der Waals surface area contributed by atoms with Crippen LogP contribution in [-0.4, -0.2) is 58.7 Å². The van der Waals surface area contributed by atoms with Crippen molar-refractivity contribution in [2.45, 2.75) is 51.4 Å². The van der Waals surface area contributed by atoms with E-state index in [0.717, 1.165) is 19.0 Å². The number of carbonyl (C=O) groups excluding carboxylic acids is 1. The Bertz CT molecular complexity index is 635. The Hall–Kier alpha value is -1.44. The zero-order valence-corrected chi connectivity index (χ0v) is 17.3. The molecule has 0 unspecified atom stereocenters. The van der Waals surface area contributed by atoms with Crippen molar-refractivity contribution in [3.05, 3.63) is 18.0 Å². The molecule has 3 aliphatic rings. The summed E-state index contributed by atoms with van der Waals surface area (Å²) in [6.07, 6.45) is 13.9. The number of likely N-dealkylation sites (tertiary alicyclic amines) is 1. The van der Waals surface area contributed by atoms with E-state index in [0.29, 0.717) is 11.4 Å². The fraction of sp³-hybridized carbons (Fsp3) is 0.750. The number of rotatable bonds is 5. The minimum absolute atomic E-state index is 0. The van der Waals surface area contributed by atoms with Crippen molar-refractivity contribution < 1.29 is 10.0 Å². The van der Waals surface area contributed by atoms with E-state index >= 15 is 0 Å². The summed E-state index contributed by atoms with van der Waals surface area (Å²) in [6.45, 7) is 5.74. The quantitative estimate of drug-likeness (QED) is 0.574. The van der Waals surface area contributed by atoms with Gasteiger partial charge in [0.25, 0.3) is 5.91 Å². The van der Waals surface area contributed by atoms with Crippen LogP contribution in [0, 0.1) is 11.3 Å². The molecule has 4 rings (SSSR count). The Morgan fingerprint density at radius 2 is 1.79 bits per heavy atom. The molecule has 3 heterocycles. The van der Waals surface area contributed by atoms with Crippen molar-refractivity contribution in [1.29, 1.82) is 0 Å². The first kappa shape index (κ1) is 21.3. The summed E-state index contributed by atoms with van der Waals surface area (Å²) < 4.78 is 0. The predicted molar refractivity (Wildman–Crippen MR) is 110 cm³/mol. The van der Waals surface area contributed by atoms with Crippen LogP contribution in [0.15, 0.2) is 12.4 Å². The molecular weight excluding hydrogens is 378 g/mol. The summed E-state index contributed by atoms with van der Waals surface area (Å²) in [4.78, 5) is 24.8. The second-order valence-corrected chi connectivity index (χ2v) is 8.70. The standard InChI is InChI=1S/C20H31N5O2.ClH/c26-18(23-27)17-12-21-19(22-13-17)25-10-7-20(8-11-25)14-24(15-20)9-6-16-4-2-1-3-5-16;/h12-13,16,27H,1-11,14-15H2,(H,23,26);1H. The fourth-order valence-corrected chi connectivity index (χ4v) is 5.07. The van der Waals surface area contributed by atoms with E-state index in [9.17, 15) is 4.79 Å². The van der Waals surface area contributed by atoms with Gasteiger partial charge in [-0.3, -0.25) is 10.0 Å². The van der Waals surface area contributed by atoms with Gasteiger partial charge in [0.15, 0.2) is 0 Å². The lowest BCUT2D eigenvalue weighted by Gasteiger charge is -2.54. The first-order chi connectivity index (χ1) is 13.2. The third-order valence-corrected chi connectivity index (χ3v) is 6.81. The van der Waals surface area contributed by atoms with Gasteiger partial charge in [0, 0.05) is 38.6 Å². The molecule has 1 aromatic rings. The molecule has 3 fully saturated rings. The highest BCUT2D eigenvalue weighted by molar-refractivity contribution is 5.92. The SMILES string of the molecule is Cl.O=C(NO)c1cnc(N2CCC3(CC2)CN(CCC2CCCCC2)C3)nc1. The molecule has 0 atom stereocenters. The molecule has 2 aliphatic heterocycles. The molecule has 1 spiro atoms. The highest BCUT2D eigenvalue weighted by Gasteiger charge is 2.44. The minimum Gasteiger partial charge on any atom is -0.341 e. The molecule has 0 radical (unpaired) electrons. The minimum atomic E-state index is -0.582. The number of nitrogens with zero attached hydrogens (tertiary/aromatic N) is 4. The summed E-state index contributed by atoms with van der Waals surface area (Å²) in [5.41, 5.74) is 2.37. The number of anilines is 1. The van der Waals surface area contributed by atoms with Crippen LogP contribution in [0.5, 0.6) is 0 Å². The van der Waals surface area contributed by atoms with Gasteiger partial charge in [-0.25, -0.2) is 15.4 Å². The third-order valence-electron chi connectivity index (χ3n) is 6.81. The van der Waals surface area contributed by atoms with E-state index in [-0.39, 0.29) is 18.0 Å². The average Bonchev–Trinajstić information content (AvgIpc) is 2.71. The van der Waals surface area contributed by atoms with Crippen LogP contribution in [0.25, 0.3) is 0 Å². The van der Waals surface area contributed by atoms with Gasteiger partial charge in [-0.1, -0.05) is 32.1 Å². The van der Waals surface area contributed by atoms with Crippen molar-refractivity contribution in [3.63, 3.8) is 0 Å². The number of carbonyl (C=O) groups is 1. The molecule has 7 nitrogen and oxygen atoms in total. The van der Waals surface area contributed by atoms with E-state index in [1.54, 1.807) is 5.48 Å². The maximum Gasteiger partial charge on any atom is 0.277 e. The second-order valence-electron chi connectivity index (χ2n) is 8.70. The molecule has 28 heavy (non-hydrogen) atoms. The molecule has 0 aromatic carbocycles. The van der Waals surface area contributed by atoms with E-state index in [1.807, 2.05) is 0 Å². The van der Waals surface area contributed by atoms with Crippen molar-refractivity contribution in [2.24, 2.45) is 11.3 Å². The highest BCUT2D eigenvalue weighted by Crippen LogP contribution is 2.41. The molecular formula is C20H32ClN5O2. The molecule has 1 saturated carbocycles. The van der Waals surface area contributed by atoms with Gasteiger partial charge < -0.3 is 9.80 Å². The van der Waals surface area contributed by atoms with Crippen molar-refractivity contribution in [2.75, 3.05) is 37.6 Å². The molecule has 1 aliphatic carbocycles. The van der Waals surface area contributed by atoms with Gasteiger partial charge in [0.2, 0.25) is 5.95 Å². The fourth-order valence-electron chi connectivity index (χ4n) is 5.07. The summed E-state index contributed by atoms with van der Waals surface area (Å²) >= 11 is 0. The Labute approximate surface area is 173 Å². The van der Waals surface area contributed by atoms with Crippen LogP contribution in [0.4, 0.5) is 5.95 Å². The van der Waals surface area contributed by atoms with Gasteiger partial charge in [0.1, 0.15) is 0 Å². The maximum atomic E-state index is 11.4. The normalized spacial score (nSPS) is 22.4. The van der Waals surface area contributed by atoms with Crippen molar-refractivity contribution >= 4 is 24.3 Å². The lowest BCUT2D eigenvalue weighted by atomic mass is 9.71. The number of hydroxylamine groups is 1. The number of hydrogen-bond acceptors (Lipinski definition) is 6. The zero-order chi connectivity index (χ0) is 18.7. The monoisotopic (exact) mass is 409 g/mol. The smallest absolute Gasteiger partial charge is 0.277 e. The van der Waals surface area contributed by atoms with E-state index in [2.05, 4.69) is 19.8 Å². The summed E-state index contributed by atoms with van der Waals surface area (Å²) in [6, 6.07) is 0. The van der Waals surface area contributed by atoms with Crippen LogP contribution >= 0.6 is 12.4 Å². The van der Waals surface area contributed by atoms with E-state index in [1.165, 1.54) is 83.4 Å². The first-order valence-corrected chi connectivity index (χ1v) is 10.4. The Kier molecular flexibility index (Phi) is 7.12. The first-order valence-electron chi connectivity index (χ1n) is 10.4. The van der Waals surface area contributed by atoms with E-state index in [4.69, 9.17) is 5.21 Å². The van der Waals surface area contributed by atoms with Gasteiger partial charge >= 0.3 is 0 Å². The summed E-state index contributed by atoms with van der Waals surface area (Å²) in [5, 5.41) is 8.66.